The molecule has 2 amide bonds. The third-order valence-corrected chi connectivity index (χ3v) is 6.42. The molecular weight excluding hydrogens is 496 g/mol. The van der Waals surface area contributed by atoms with Gasteiger partial charge in [-0.25, -0.2) is 9.97 Å². The standard InChI is InChI=1S/C20H22N8O5S2/c1-33-9-4-2-3-8(5-9)12(13-15(23)25-19(27-17(13)31)34-6-10(21)29)14-16(24)26-20(28-18(14)32)35-7-11(22)30/h2-5,12H,6-7H2,1H3,(H2,21,29)(H2,22,30)(H3,23,25,27,31)(H3,24,26,28,32). The van der Waals surface area contributed by atoms with Crippen LogP contribution in [0.3, 0.4) is 0 Å². The van der Waals surface area contributed by atoms with Gasteiger partial charge in [-0.15, -0.1) is 0 Å². The molecule has 0 unspecified atom stereocenters. The van der Waals surface area contributed by atoms with E-state index in [4.69, 9.17) is 27.7 Å². The van der Waals surface area contributed by atoms with Gasteiger partial charge in [0.05, 0.1) is 35.7 Å². The number of rotatable bonds is 10. The van der Waals surface area contributed by atoms with Crippen molar-refractivity contribution >= 4 is 47.0 Å². The van der Waals surface area contributed by atoms with Crippen molar-refractivity contribution in [3.8, 4) is 5.75 Å². The molecule has 0 aliphatic carbocycles. The normalized spacial score (nSPS) is 10.9. The Morgan fingerprint density at radius 1 is 0.943 bits per heavy atom. The van der Waals surface area contributed by atoms with E-state index in [-0.39, 0.29) is 44.6 Å². The van der Waals surface area contributed by atoms with Gasteiger partial charge in [-0.3, -0.25) is 19.2 Å². The number of hydrogen-bond donors (Lipinski definition) is 6. The number of H-pyrrole nitrogens is 2. The van der Waals surface area contributed by atoms with Gasteiger partial charge in [0.25, 0.3) is 11.1 Å². The molecule has 2 heterocycles. The van der Waals surface area contributed by atoms with Gasteiger partial charge >= 0.3 is 0 Å². The van der Waals surface area contributed by atoms with Crippen molar-refractivity contribution in [3.05, 3.63) is 61.7 Å². The number of nitrogens with two attached hydrogens (primary N) is 4. The lowest BCUT2D eigenvalue weighted by atomic mass is 9.86. The highest BCUT2D eigenvalue weighted by Gasteiger charge is 2.30. The molecule has 0 spiro atoms. The van der Waals surface area contributed by atoms with E-state index in [2.05, 4.69) is 19.9 Å². The summed E-state index contributed by atoms with van der Waals surface area (Å²) in [5, 5.41) is 0.162. The lowest BCUT2D eigenvalue weighted by Crippen LogP contribution is -2.28. The average Bonchev–Trinajstić information content (AvgIpc) is 2.79. The Kier molecular flexibility index (Phi) is 8.03. The molecule has 0 radical (unpaired) electrons. The van der Waals surface area contributed by atoms with Crippen molar-refractivity contribution in [2.75, 3.05) is 30.1 Å². The fraction of sp³-hybridized carbons (Fsp3) is 0.200. The summed E-state index contributed by atoms with van der Waals surface area (Å²) in [6, 6.07) is 6.64. The highest BCUT2D eigenvalue weighted by atomic mass is 32.2. The molecule has 184 valence electrons. The summed E-state index contributed by atoms with van der Waals surface area (Å²) in [7, 11) is 1.47. The van der Waals surface area contributed by atoms with Crippen LogP contribution in [0.25, 0.3) is 0 Å². The summed E-state index contributed by atoms with van der Waals surface area (Å²) in [5.41, 5.74) is 21.7. The maximum absolute atomic E-state index is 13.1. The van der Waals surface area contributed by atoms with Gasteiger partial charge < -0.3 is 37.6 Å². The molecule has 0 fully saturated rings. The summed E-state index contributed by atoms with van der Waals surface area (Å²) >= 11 is 1.81. The van der Waals surface area contributed by atoms with E-state index >= 15 is 0 Å². The van der Waals surface area contributed by atoms with Gasteiger partial charge in [0.15, 0.2) is 10.3 Å². The van der Waals surface area contributed by atoms with Crippen LogP contribution in [0.2, 0.25) is 0 Å². The number of methoxy groups -OCH3 is 1. The molecule has 0 saturated carbocycles. The van der Waals surface area contributed by atoms with Crippen molar-refractivity contribution in [3.63, 3.8) is 0 Å². The highest BCUT2D eigenvalue weighted by Crippen LogP contribution is 2.35. The lowest BCUT2D eigenvalue weighted by molar-refractivity contribution is -0.116. The Labute approximate surface area is 206 Å². The lowest BCUT2D eigenvalue weighted by Gasteiger charge is -2.20. The first-order chi connectivity index (χ1) is 16.6. The minimum Gasteiger partial charge on any atom is -0.497 e. The van der Waals surface area contributed by atoms with Crippen LogP contribution >= 0.6 is 23.5 Å². The molecule has 0 aliphatic heterocycles. The number of anilines is 2. The van der Waals surface area contributed by atoms with Crippen LogP contribution in [0.15, 0.2) is 44.2 Å². The van der Waals surface area contributed by atoms with E-state index in [9.17, 15) is 19.2 Å². The topological polar surface area (TPSA) is 239 Å². The molecule has 3 aromatic rings. The zero-order valence-electron chi connectivity index (χ0n) is 18.4. The largest absolute Gasteiger partial charge is 0.497 e. The zero-order valence-corrected chi connectivity index (χ0v) is 20.0. The predicted molar refractivity (Wildman–Crippen MR) is 132 cm³/mol. The molecule has 0 atom stereocenters. The molecule has 0 bridgehead atoms. The van der Waals surface area contributed by atoms with Gasteiger partial charge in [-0.1, -0.05) is 35.7 Å². The van der Waals surface area contributed by atoms with Crippen molar-refractivity contribution in [2.45, 2.75) is 16.2 Å². The number of aromatic amines is 2. The van der Waals surface area contributed by atoms with E-state index in [1.54, 1.807) is 24.3 Å². The first-order valence-electron chi connectivity index (χ1n) is 9.86. The van der Waals surface area contributed by atoms with Crippen LogP contribution in [0.1, 0.15) is 22.6 Å². The molecule has 1 aromatic carbocycles. The number of thioether (sulfide) groups is 2. The molecule has 10 N–H and O–H groups in total. The molecule has 15 heteroatoms. The zero-order chi connectivity index (χ0) is 25.7. The maximum atomic E-state index is 13.1. The maximum Gasteiger partial charge on any atom is 0.257 e. The molecule has 0 aliphatic rings. The third kappa shape index (κ3) is 6.13. The van der Waals surface area contributed by atoms with Crippen molar-refractivity contribution in [1.29, 1.82) is 0 Å². The van der Waals surface area contributed by atoms with E-state index in [1.165, 1.54) is 7.11 Å². The van der Waals surface area contributed by atoms with Gasteiger partial charge in [0.2, 0.25) is 11.8 Å². The smallest absolute Gasteiger partial charge is 0.257 e. The van der Waals surface area contributed by atoms with E-state index in [0.717, 1.165) is 23.5 Å². The van der Waals surface area contributed by atoms with E-state index in [1.807, 2.05) is 0 Å². The van der Waals surface area contributed by atoms with Crippen molar-refractivity contribution < 1.29 is 14.3 Å². The Morgan fingerprint density at radius 3 is 1.83 bits per heavy atom. The van der Waals surface area contributed by atoms with Crippen LogP contribution in [-0.4, -0.2) is 50.4 Å². The quantitative estimate of drug-likeness (QED) is 0.146. The number of aromatic nitrogens is 4. The third-order valence-electron chi connectivity index (χ3n) is 4.63. The Hall–Kier alpha value is -3.98. The van der Waals surface area contributed by atoms with Crippen LogP contribution in [0, 0.1) is 0 Å². The molecule has 13 nitrogen and oxygen atoms in total. The number of nitrogens with zero attached hydrogens (tertiary/aromatic N) is 2. The summed E-state index contributed by atoms with van der Waals surface area (Å²) in [4.78, 5) is 61.9. The van der Waals surface area contributed by atoms with E-state index < -0.39 is 28.9 Å². The van der Waals surface area contributed by atoms with Gasteiger partial charge in [-0.2, -0.15) is 0 Å². The summed E-state index contributed by atoms with van der Waals surface area (Å²) in [6.07, 6.45) is 0. The van der Waals surface area contributed by atoms with Crippen LogP contribution in [0.5, 0.6) is 5.75 Å². The van der Waals surface area contributed by atoms with Crippen LogP contribution in [-0.2, 0) is 9.59 Å². The van der Waals surface area contributed by atoms with Gasteiger partial charge in [0, 0.05) is 0 Å². The second kappa shape index (κ2) is 11.0. The Morgan fingerprint density at radius 2 is 1.43 bits per heavy atom. The molecule has 2 aromatic heterocycles. The number of nitrogen functional groups attached to an aromatic ring is 2. The molecule has 3 rings (SSSR count). The average molecular weight is 519 g/mol. The number of carbonyl (C=O) groups excluding carboxylic acids is 2. The number of nitrogens with one attached hydrogen (secondary N) is 2. The Balaban J connectivity index is 2.21. The number of primary amides is 2. The number of amides is 2. The Bertz CT molecular complexity index is 1310. The second-order valence-electron chi connectivity index (χ2n) is 7.06. The number of benzene rings is 1. The monoisotopic (exact) mass is 518 g/mol. The summed E-state index contributed by atoms with van der Waals surface area (Å²) in [5.74, 6) is -2.43. The number of ether oxygens (including phenoxy) is 1. The second-order valence-corrected chi connectivity index (χ2v) is 8.99. The van der Waals surface area contributed by atoms with Gasteiger partial charge in [0.1, 0.15) is 17.4 Å². The molecular formula is C20H22N8O5S2. The van der Waals surface area contributed by atoms with Crippen molar-refractivity contribution in [1.82, 2.24) is 19.9 Å². The summed E-state index contributed by atoms with van der Waals surface area (Å²) < 4.78 is 5.28. The minimum absolute atomic E-state index is 0.0572. The molecule has 35 heavy (non-hydrogen) atoms. The highest BCUT2D eigenvalue weighted by molar-refractivity contribution is 8.00. The fourth-order valence-corrected chi connectivity index (χ4v) is 4.44. The number of carbonyl (C=O) groups is 2. The first-order valence-corrected chi connectivity index (χ1v) is 11.8. The predicted octanol–water partition coefficient (Wildman–Crippen LogP) is -0.639. The SMILES string of the molecule is COc1cccc(C(c2c(N)nc(SCC(N)=O)[nH]c2=O)c2c(N)nc(SCC(N)=O)[nH]c2=O)c1. The van der Waals surface area contributed by atoms with Crippen molar-refractivity contribution in [2.24, 2.45) is 11.5 Å². The first kappa shape index (κ1) is 25.6. The van der Waals surface area contributed by atoms with Crippen LogP contribution in [0.4, 0.5) is 11.6 Å². The van der Waals surface area contributed by atoms with Gasteiger partial charge in [-0.05, 0) is 17.7 Å². The number of hydrogen-bond acceptors (Lipinski definition) is 11. The summed E-state index contributed by atoms with van der Waals surface area (Å²) in [6.45, 7) is 0. The van der Waals surface area contributed by atoms with Crippen LogP contribution < -0.4 is 38.8 Å². The fourth-order valence-electron chi connectivity index (χ4n) is 3.23. The molecule has 0 saturated heterocycles. The minimum atomic E-state index is -1.08. The van der Waals surface area contributed by atoms with E-state index in [0.29, 0.717) is 11.3 Å².